The van der Waals surface area contributed by atoms with Gasteiger partial charge in [-0.2, -0.15) is 26.3 Å². The predicted octanol–water partition coefficient (Wildman–Crippen LogP) is 5.97. The molecule has 226 valence electrons. The quantitative estimate of drug-likeness (QED) is 0.344. The summed E-state index contributed by atoms with van der Waals surface area (Å²) in [4.78, 5) is 21.3. The highest BCUT2D eigenvalue weighted by molar-refractivity contribution is 6.03. The number of nitrogens with zero attached hydrogens (tertiary/aromatic N) is 3. The smallest absolute Gasteiger partial charge is 0.394 e. The molecule has 6 nitrogen and oxygen atoms in total. The van der Waals surface area contributed by atoms with Gasteiger partial charge in [-0.3, -0.25) is 4.79 Å². The molecule has 42 heavy (non-hydrogen) atoms. The Balaban J connectivity index is 1.82. The first kappa shape index (κ1) is 31.3. The molecule has 4 rings (SSSR count). The molecule has 1 fully saturated rings. The van der Waals surface area contributed by atoms with Crippen LogP contribution in [-0.2, 0) is 22.6 Å². The molecule has 0 aliphatic carbocycles. The number of anilines is 2. The van der Waals surface area contributed by atoms with Gasteiger partial charge in [0.2, 0.25) is 5.91 Å². The van der Waals surface area contributed by atoms with E-state index in [-0.39, 0.29) is 18.4 Å². The van der Waals surface area contributed by atoms with Gasteiger partial charge in [0.15, 0.2) is 0 Å². The summed E-state index contributed by atoms with van der Waals surface area (Å²) in [5.41, 5.74) is -2.91. The Morgan fingerprint density at radius 2 is 1.55 bits per heavy atom. The van der Waals surface area contributed by atoms with Crippen LogP contribution >= 0.6 is 0 Å². The summed E-state index contributed by atoms with van der Waals surface area (Å²) < 4.78 is 81.4. The number of aromatic nitrogens is 1. The van der Waals surface area contributed by atoms with E-state index in [1.54, 1.807) is 17.0 Å². The van der Waals surface area contributed by atoms with Crippen LogP contribution < -0.4 is 9.80 Å². The number of amides is 1. The van der Waals surface area contributed by atoms with E-state index in [1.807, 2.05) is 25.1 Å². The van der Waals surface area contributed by atoms with Crippen molar-refractivity contribution in [1.29, 1.82) is 0 Å². The number of aliphatic hydroxyl groups is 2. The Morgan fingerprint density at radius 3 is 2.10 bits per heavy atom. The number of carbonyl (C=O) groups excluding carboxylic acids is 1. The standard InChI is InChI=1S/C30H31F6N3O3/c1-17-7-5-6-8-21(17)22-14-26(39-10-9-25(41)24(39)16-40)37-15-23(22)38(4)27(42)28(2,3)18-11-19(29(31,32)33)13-20(12-18)30(34,35)36/h5-8,11-15,24-25,40-41H,9-10,16H2,1-4H3/t24-,25+/m1/s1. The van der Waals surface area contributed by atoms with Crippen molar-refractivity contribution in [1.82, 2.24) is 4.98 Å². The molecule has 1 aliphatic heterocycles. The van der Waals surface area contributed by atoms with Crippen LogP contribution in [0.2, 0.25) is 0 Å². The maximum absolute atomic E-state index is 13.9. The zero-order chi connectivity index (χ0) is 31.2. The normalized spacial score (nSPS) is 18.0. The van der Waals surface area contributed by atoms with Crippen molar-refractivity contribution in [3.8, 4) is 11.1 Å². The third-order valence-corrected chi connectivity index (χ3v) is 7.81. The van der Waals surface area contributed by atoms with E-state index in [0.29, 0.717) is 42.0 Å². The molecular formula is C30H31F6N3O3. The maximum Gasteiger partial charge on any atom is 0.416 e. The Kier molecular flexibility index (Phi) is 8.36. The Labute approximate surface area is 239 Å². The van der Waals surface area contributed by atoms with Gasteiger partial charge in [0.25, 0.3) is 0 Å². The van der Waals surface area contributed by atoms with Crippen molar-refractivity contribution >= 4 is 17.4 Å². The molecule has 2 N–H and O–H groups in total. The van der Waals surface area contributed by atoms with E-state index in [1.165, 1.54) is 32.0 Å². The number of hydrogen-bond acceptors (Lipinski definition) is 5. The summed E-state index contributed by atoms with van der Waals surface area (Å²) in [6, 6.07) is 9.54. The van der Waals surface area contributed by atoms with Crippen molar-refractivity contribution < 1.29 is 41.4 Å². The largest absolute Gasteiger partial charge is 0.416 e. The zero-order valence-electron chi connectivity index (χ0n) is 23.4. The minimum Gasteiger partial charge on any atom is -0.394 e. The van der Waals surface area contributed by atoms with Crippen LogP contribution in [0.5, 0.6) is 0 Å². The molecule has 3 aromatic rings. The van der Waals surface area contributed by atoms with E-state index in [9.17, 15) is 41.4 Å². The molecule has 2 atom stereocenters. The Morgan fingerprint density at radius 1 is 0.976 bits per heavy atom. The molecule has 0 radical (unpaired) electrons. The van der Waals surface area contributed by atoms with Crippen LogP contribution in [0.4, 0.5) is 37.8 Å². The number of alkyl halides is 6. The van der Waals surface area contributed by atoms with Crippen LogP contribution in [0.15, 0.2) is 54.7 Å². The molecule has 12 heteroatoms. The highest BCUT2D eigenvalue weighted by Crippen LogP contribution is 2.41. The summed E-state index contributed by atoms with van der Waals surface area (Å²) in [6.07, 6.45) is -9.07. The van der Waals surface area contributed by atoms with Gasteiger partial charge in [0.05, 0.1) is 47.2 Å². The number of carbonyl (C=O) groups is 1. The molecular weight excluding hydrogens is 564 g/mol. The number of halogens is 6. The van der Waals surface area contributed by atoms with Crippen LogP contribution in [0.3, 0.4) is 0 Å². The van der Waals surface area contributed by atoms with Gasteiger partial charge >= 0.3 is 12.4 Å². The summed E-state index contributed by atoms with van der Waals surface area (Å²) in [7, 11) is 1.39. The monoisotopic (exact) mass is 595 g/mol. The van der Waals surface area contributed by atoms with Crippen molar-refractivity contribution in [3.63, 3.8) is 0 Å². The number of aryl methyl sites for hydroxylation is 1. The fourth-order valence-corrected chi connectivity index (χ4v) is 5.26. The molecule has 0 saturated carbocycles. The maximum atomic E-state index is 13.9. The number of hydrogen-bond donors (Lipinski definition) is 2. The first-order chi connectivity index (χ1) is 19.5. The van der Waals surface area contributed by atoms with Gasteiger partial charge in [0.1, 0.15) is 5.82 Å². The highest BCUT2D eigenvalue weighted by Gasteiger charge is 2.41. The lowest BCUT2D eigenvalue weighted by molar-refractivity contribution is -0.143. The third-order valence-electron chi connectivity index (χ3n) is 7.81. The Bertz CT molecular complexity index is 1440. The van der Waals surface area contributed by atoms with Crippen LogP contribution in [0.1, 0.15) is 42.5 Å². The molecule has 1 aromatic heterocycles. The average Bonchev–Trinajstić information content (AvgIpc) is 3.31. The summed E-state index contributed by atoms with van der Waals surface area (Å²) in [6.45, 7) is 4.50. The van der Waals surface area contributed by atoms with E-state index in [2.05, 4.69) is 4.98 Å². The van der Waals surface area contributed by atoms with Crippen molar-refractivity contribution in [2.75, 3.05) is 30.0 Å². The lowest BCUT2D eigenvalue weighted by Gasteiger charge is -2.32. The SMILES string of the molecule is Cc1ccccc1-c1cc(N2CC[C@H](O)[C@H]2CO)ncc1N(C)C(=O)C(C)(C)c1cc(C(F)(F)F)cc(C(F)(F)F)c1. The lowest BCUT2D eigenvalue weighted by Crippen LogP contribution is -2.42. The average molecular weight is 596 g/mol. The topological polar surface area (TPSA) is 76.9 Å². The molecule has 1 amide bonds. The summed E-state index contributed by atoms with van der Waals surface area (Å²) in [5, 5.41) is 20.1. The van der Waals surface area contributed by atoms with Crippen LogP contribution in [0, 0.1) is 6.92 Å². The van der Waals surface area contributed by atoms with Crippen LogP contribution in [0.25, 0.3) is 11.1 Å². The van der Waals surface area contributed by atoms with Crippen molar-refractivity contribution in [2.45, 2.75) is 57.1 Å². The van der Waals surface area contributed by atoms with Crippen molar-refractivity contribution in [3.05, 3.63) is 77.0 Å². The second kappa shape index (κ2) is 11.2. The molecule has 0 unspecified atom stereocenters. The van der Waals surface area contributed by atoms with Gasteiger partial charge < -0.3 is 20.0 Å². The summed E-state index contributed by atoms with van der Waals surface area (Å²) in [5.74, 6) is -0.329. The fraction of sp³-hybridized carbons (Fsp3) is 0.400. The number of benzene rings is 2. The van der Waals surface area contributed by atoms with E-state index in [0.717, 1.165) is 5.56 Å². The van der Waals surface area contributed by atoms with Gasteiger partial charge in [-0.1, -0.05) is 24.3 Å². The van der Waals surface area contributed by atoms with E-state index in [4.69, 9.17) is 0 Å². The Hall–Kier alpha value is -3.64. The predicted molar refractivity (Wildman–Crippen MR) is 146 cm³/mol. The number of likely N-dealkylation sites (N-methyl/N-ethyl adjacent to an activating group) is 1. The first-order valence-electron chi connectivity index (χ1n) is 13.2. The minimum atomic E-state index is -5.06. The first-order valence-corrected chi connectivity index (χ1v) is 13.2. The second-order valence-corrected chi connectivity index (χ2v) is 11.0. The number of rotatable bonds is 6. The van der Waals surface area contributed by atoms with E-state index < -0.39 is 52.5 Å². The fourth-order valence-electron chi connectivity index (χ4n) is 5.26. The summed E-state index contributed by atoms with van der Waals surface area (Å²) >= 11 is 0. The lowest BCUT2D eigenvalue weighted by atomic mass is 9.81. The number of pyridine rings is 1. The van der Waals surface area contributed by atoms with E-state index >= 15 is 0 Å². The van der Waals surface area contributed by atoms with Crippen LogP contribution in [-0.4, -0.2) is 53.4 Å². The van der Waals surface area contributed by atoms with Crippen molar-refractivity contribution in [2.24, 2.45) is 0 Å². The molecule has 1 saturated heterocycles. The minimum absolute atomic E-state index is 0.0294. The molecule has 1 aliphatic rings. The second-order valence-electron chi connectivity index (χ2n) is 11.0. The molecule has 2 aromatic carbocycles. The number of aliphatic hydroxyl groups excluding tert-OH is 2. The van der Waals surface area contributed by atoms with Gasteiger partial charge in [-0.05, 0) is 68.1 Å². The molecule has 2 heterocycles. The van der Waals surface area contributed by atoms with Gasteiger partial charge in [-0.25, -0.2) is 4.98 Å². The van der Waals surface area contributed by atoms with Gasteiger partial charge in [0, 0.05) is 19.2 Å². The highest BCUT2D eigenvalue weighted by atomic mass is 19.4. The zero-order valence-corrected chi connectivity index (χ0v) is 23.4. The molecule has 0 spiro atoms. The van der Waals surface area contributed by atoms with Gasteiger partial charge in [-0.15, -0.1) is 0 Å². The third kappa shape index (κ3) is 5.96. The molecule has 0 bridgehead atoms.